The summed E-state index contributed by atoms with van der Waals surface area (Å²) in [6.45, 7) is 0. The summed E-state index contributed by atoms with van der Waals surface area (Å²) in [5, 5.41) is 8.84. The van der Waals surface area contributed by atoms with Crippen LogP contribution in [0.3, 0.4) is 0 Å². The minimum atomic E-state index is -1.35. The van der Waals surface area contributed by atoms with Gasteiger partial charge in [-0.1, -0.05) is 0 Å². The first kappa shape index (κ1) is 12.3. The number of carboxylic acid groups (broad SMARTS) is 1. The van der Waals surface area contributed by atoms with Gasteiger partial charge in [-0.25, -0.2) is 18.6 Å². The van der Waals surface area contributed by atoms with Gasteiger partial charge in [-0.3, -0.25) is 0 Å². The summed E-state index contributed by atoms with van der Waals surface area (Å²) in [5.41, 5.74) is 0.0236. The number of rotatable bonds is 2. The lowest BCUT2D eigenvalue weighted by Crippen LogP contribution is -2.03. The number of furan rings is 1. The largest absolute Gasteiger partial charge is 0.478 e. The van der Waals surface area contributed by atoms with E-state index in [4.69, 9.17) is 4.42 Å². The zero-order valence-corrected chi connectivity index (χ0v) is 9.93. The predicted octanol–water partition coefficient (Wildman–Crippen LogP) is 3.47. The van der Waals surface area contributed by atoms with Crippen molar-refractivity contribution < 1.29 is 23.1 Å². The van der Waals surface area contributed by atoms with E-state index in [-0.39, 0.29) is 22.2 Å². The number of nitrogens with zero attached hydrogens (tertiary/aromatic N) is 1. The molecule has 0 bridgehead atoms. The van der Waals surface area contributed by atoms with E-state index in [2.05, 4.69) is 4.98 Å². The van der Waals surface area contributed by atoms with Gasteiger partial charge in [-0.15, -0.1) is 0 Å². The van der Waals surface area contributed by atoms with Gasteiger partial charge < -0.3 is 9.52 Å². The molecule has 100 valence electrons. The van der Waals surface area contributed by atoms with Crippen LogP contribution < -0.4 is 0 Å². The maximum absolute atomic E-state index is 13.8. The molecule has 2 heterocycles. The van der Waals surface area contributed by atoms with Crippen LogP contribution in [0.15, 0.2) is 41.2 Å². The Morgan fingerprint density at radius 1 is 1.20 bits per heavy atom. The molecule has 4 nitrogen and oxygen atoms in total. The molecule has 0 fully saturated rings. The van der Waals surface area contributed by atoms with E-state index in [1.54, 1.807) is 6.07 Å². The van der Waals surface area contributed by atoms with Gasteiger partial charge in [-0.05, 0) is 24.3 Å². The zero-order valence-electron chi connectivity index (χ0n) is 9.93. The molecule has 0 saturated carbocycles. The van der Waals surface area contributed by atoms with Crippen LogP contribution in [0.5, 0.6) is 0 Å². The fourth-order valence-corrected chi connectivity index (χ4v) is 2.00. The van der Waals surface area contributed by atoms with E-state index >= 15 is 0 Å². The van der Waals surface area contributed by atoms with Gasteiger partial charge in [0.15, 0.2) is 0 Å². The van der Waals surface area contributed by atoms with Crippen molar-refractivity contribution in [2.24, 2.45) is 0 Å². The summed E-state index contributed by atoms with van der Waals surface area (Å²) in [5.74, 6) is -2.97. The molecule has 0 atom stereocenters. The number of aromatic carboxylic acids is 1. The van der Waals surface area contributed by atoms with Crippen molar-refractivity contribution >= 4 is 16.9 Å². The lowest BCUT2D eigenvalue weighted by Gasteiger charge is -2.07. The van der Waals surface area contributed by atoms with Crippen LogP contribution in [0.2, 0.25) is 0 Å². The molecule has 3 aromatic rings. The van der Waals surface area contributed by atoms with Crippen molar-refractivity contribution in [3.63, 3.8) is 0 Å². The summed E-state index contributed by atoms with van der Waals surface area (Å²) in [6, 6.07) is 4.54. The van der Waals surface area contributed by atoms with Gasteiger partial charge >= 0.3 is 5.97 Å². The van der Waals surface area contributed by atoms with E-state index in [0.717, 1.165) is 12.1 Å². The summed E-state index contributed by atoms with van der Waals surface area (Å²) in [7, 11) is 0. The zero-order chi connectivity index (χ0) is 14.3. The van der Waals surface area contributed by atoms with E-state index < -0.39 is 17.6 Å². The van der Waals surface area contributed by atoms with Crippen LogP contribution in [0.25, 0.3) is 22.2 Å². The fourth-order valence-electron chi connectivity index (χ4n) is 2.00. The topological polar surface area (TPSA) is 63.3 Å². The van der Waals surface area contributed by atoms with Crippen LogP contribution >= 0.6 is 0 Å². The van der Waals surface area contributed by atoms with Gasteiger partial charge in [0, 0.05) is 5.56 Å². The standard InChI is InChI=1S/C14H7F2NO3/c15-9-1-2-10(16)13-12(9)8(14(18)19)5-11(17-13)7-3-4-20-6-7/h1-6H,(H,18,19). The highest BCUT2D eigenvalue weighted by molar-refractivity contribution is 6.04. The number of benzene rings is 1. The van der Waals surface area contributed by atoms with E-state index in [1.807, 2.05) is 0 Å². The number of aromatic nitrogens is 1. The number of hydrogen-bond donors (Lipinski definition) is 1. The maximum atomic E-state index is 13.8. The van der Waals surface area contributed by atoms with Gasteiger partial charge in [0.2, 0.25) is 0 Å². The molecule has 1 aromatic carbocycles. The summed E-state index contributed by atoms with van der Waals surface area (Å²) in [6.07, 6.45) is 2.72. The highest BCUT2D eigenvalue weighted by Crippen LogP contribution is 2.28. The van der Waals surface area contributed by atoms with Crippen molar-refractivity contribution in [3.05, 3.63) is 54.0 Å². The monoisotopic (exact) mass is 275 g/mol. The molecule has 1 N–H and O–H groups in total. The molecular formula is C14H7F2NO3. The maximum Gasteiger partial charge on any atom is 0.336 e. The van der Waals surface area contributed by atoms with Crippen molar-refractivity contribution in [1.82, 2.24) is 4.98 Å². The molecule has 0 saturated heterocycles. The van der Waals surface area contributed by atoms with Crippen molar-refractivity contribution in [2.75, 3.05) is 0 Å². The number of carboxylic acids is 1. The lowest BCUT2D eigenvalue weighted by atomic mass is 10.0. The van der Waals surface area contributed by atoms with Crippen LogP contribution in [0.1, 0.15) is 10.4 Å². The van der Waals surface area contributed by atoms with Gasteiger partial charge in [0.05, 0.1) is 29.2 Å². The quantitative estimate of drug-likeness (QED) is 0.777. The van der Waals surface area contributed by atoms with Crippen LogP contribution in [-0.4, -0.2) is 16.1 Å². The molecular weight excluding hydrogens is 268 g/mol. The first-order valence-electron chi connectivity index (χ1n) is 5.62. The molecule has 0 aliphatic rings. The Balaban J connectivity index is 2.43. The molecule has 2 aromatic heterocycles. The lowest BCUT2D eigenvalue weighted by molar-refractivity contribution is 0.0698. The minimum Gasteiger partial charge on any atom is -0.478 e. The van der Waals surface area contributed by atoms with Gasteiger partial charge in [-0.2, -0.15) is 0 Å². The summed E-state index contributed by atoms with van der Waals surface area (Å²) in [4.78, 5) is 15.2. The highest BCUT2D eigenvalue weighted by Gasteiger charge is 2.19. The third-order valence-corrected chi connectivity index (χ3v) is 2.91. The van der Waals surface area contributed by atoms with Gasteiger partial charge in [0.1, 0.15) is 17.2 Å². The van der Waals surface area contributed by atoms with E-state index in [0.29, 0.717) is 5.56 Å². The average molecular weight is 275 g/mol. The Morgan fingerprint density at radius 2 is 1.95 bits per heavy atom. The Hall–Kier alpha value is -2.76. The number of hydrogen-bond acceptors (Lipinski definition) is 3. The first-order chi connectivity index (χ1) is 9.58. The van der Waals surface area contributed by atoms with Crippen molar-refractivity contribution in [1.29, 1.82) is 0 Å². The molecule has 0 aliphatic carbocycles. The van der Waals surface area contributed by atoms with Crippen LogP contribution in [-0.2, 0) is 0 Å². The summed E-state index contributed by atoms with van der Waals surface area (Å²) < 4.78 is 32.4. The smallest absolute Gasteiger partial charge is 0.336 e. The van der Waals surface area contributed by atoms with Crippen LogP contribution in [0, 0.1) is 11.6 Å². The summed E-state index contributed by atoms with van der Waals surface area (Å²) >= 11 is 0. The third-order valence-electron chi connectivity index (χ3n) is 2.91. The second-order valence-corrected chi connectivity index (χ2v) is 4.13. The van der Waals surface area contributed by atoms with E-state index in [9.17, 15) is 18.7 Å². The molecule has 0 unspecified atom stereocenters. The SMILES string of the molecule is O=C(O)c1cc(-c2ccoc2)nc2c(F)ccc(F)c12. The first-order valence-corrected chi connectivity index (χ1v) is 5.62. The van der Waals surface area contributed by atoms with Gasteiger partial charge in [0.25, 0.3) is 0 Å². The average Bonchev–Trinajstić information content (AvgIpc) is 2.96. The second kappa shape index (κ2) is 4.41. The molecule has 0 radical (unpaired) electrons. The molecule has 20 heavy (non-hydrogen) atoms. The highest BCUT2D eigenvalue weighted by atomic mass is 19.1. The Bertz CT molecular complexity index is 813. The molecule has 6 heteroatoms. The number of halogens is 2. The Morgan fingerprint density at radius 3 is 2.60 bits per heavy atom. The molecule has 0 aliphatic heterocycles. The van der Waals surface area contributed by atoms with Crippen molar-refractivity contribution in [3.8, 4) is 11.3 Å². The van der Waals surface area contributed by atoms with Crippen molar-refractivity contribution in [2.45, 2.75) is 0 Å². The van der Waals surface area contributed by atoms with E-state index in [1.165, 1.54) is 18.6 Å². The Kier molecular flexibility index (Phi) is 2.71. The molecule has 3 rings (SSSR count). The minimum absolute atomic E-state index is 0.202. The number of carbonyl (C=O) groups is 1. The third kappa shape index (κ3) is 1.82. The Labute approximate surface area is 111 Å². The molecule has 0 amide bonds. The predicted molar refractivity (Wildman–Crippen MR) is 66.3 cm³/mol. The number of fused-ring (bicyclic) bond motifs is 1. The number of pyridine rings is 1. The van der Waals surface area contributed by atoms with Crippen LogP contribution in [0.4, 0.5) is 8.78 Å². The molecule has 0 spiro atoms. The normalized spacial score (nSPS) is 10.9. The second-order valence-electron chi connectivity index (χ2n) is 4.13. The fraction of sp³-hybridized carbons (Fsp3) is 0.